The van der Waals surface area contributed by atoms with E-state index < -0.39 is 5.97 Å². The standard InChI is InChI=1S/C10H12N2O4/c1-5-4-12(6(2)13)9-7(11-5)3-8(16-9)10(14)15/h3,5,11H,4H2,1-2H3,(H,14,15). The van der Waals surface area contributed by atoms with E-state index in [1.807, 2.05) is 6.92 Å². The molecule has 1 aromatic heterocycles. The second kappa shape index (κ2) is 3.55. The van der Waals surface area contributed by atoms with Crippen LogP contribution >= 0.6 is 0 Å². The molecule has 0 aliphatic carbocycles. The molecule has 6 nitrogen and oxygen atoms in total. The van der Waals surface area contributed by atoms with Crippen LogP contribution in [0.2, 0.25) is 0 Å². The minimum Gasteiger partial charge on any atom is -0.475 e. The number of nitrogens with one attached hydrogen (secondary N) is 1. The van der Waals surface area contributed by atoms with E-state index in [1.165, 1.54) is 17.9 Å². The van der Waals surface area contributed by atoms with Crippen LogP contribution in [0.25, 0.3) is 0 Å². The van der Waals surface area contributed by atoms with Gasteiger partial charge in [0.25, 0.3) is 0 Å². The molecule has 86 valence electrons. The summed E-state index contributed by atoms with van der Waals surface area (Å²) in [5.74, 6) is -1.20. The number of hydrogen-bond donors (Lipinski definition) is 2. The van der Waals surface area contributed by atoms with E-state index in [-0.39, 0.29) is 23.6 Å². The van der Waals surface area contributed by atoms with E-state index >= 15 is 0 Å². The highest BCUT2D eigenvalue weighted by atomic mass is 16.4. The molecule has 0 spiro atoms. The summed E-state index contributed by atoms with van der Waals surface area (Å²) in [6.07, 6.45) is 0. The van der Waals surface area contributed by atoms with Crippen molar-refractivity contribution in [2.45, 2.75) is 19.9 Å². The zero-order chi connectivity index (χ0) is 11.9. The van der Waals surface area contributed by atoms with Crippen molar-refractivity contribution in [3.63, 3.8) is 0 Å². The summed E-state index contributed by atoms with van der Waals surface area (Å²) in [5, 5.41) is 11.9. The lowest BCUT2D eigenvalue weighted by Gasteiger charge is -2.29. The van der Waals surface area contributed by atoms with Crippen LogP contribution in [-0.2, 0) is 4.79 Å². The number of anilines is 2. The van der Waals surface area contributed by atoms with Gasteiger partial charge in [0.15, 0.2) is 0 Å². The average molecular weight is 224 g/mol. The van der Waals surface area contributed by atoms with Gasteiger partial charge in [0.2, 0.25) is 17.6 Å². The number of rotatable bonds is 1. The van der Waals surface area contributed by atoms with E-state index in [4.69, 9.17) is 9.52 Å². The largest absolute Gasteiger partial charge is 0.475 e. The molecule has 2 N–H and O–H groups in total. The Balaban J connectivity index is 2.45. The number of carboxylic acid groups (broad SMARTS) is 1. The monoisotopic (exact) mass is 224 g/mol. The number of carboxylic acids is 1. The molecule has 1 atom stereocenters. The van der Waals surface area contributed by atoms with Crippen LogP contribution in [-0.4, -0.2) is 29.6 Å². The topological polar surface area (TPSA) is 82.8 Å². The average Bonchev–Trinajstić information content (AvgIpc) is 2.59. The van der Waals surface area contributed by atoms with Crippen molar-refractivity contribution in [1.29, 1.82) is 0 Å². The fourth-order valence-electron chi connectivity index (χ4n) is 1.73. The molecule has 1 aromatic rings. The summed E-state index contributed by atoms with van der Waals surface area (Å²) in [5.41, 5.74) is 0.548. The van der Waals surface area contributed by atoms with Gasteiger partial charge in [-0.3, -0.25) is 9.69 Å². The highest BCUT2D eigenvalue weighted by Gasteiger charge is 2.29. The first-order valence-electron chi connectivity index (χ1n) is 4.91. The predicted molar refractivity (Wildman–Crippen MR) is 56.8 cm³/mol. The number of carbonyl (C=O) groups is 2. The molecule has 1 aliphatic rings. The first-order chi connectivity index (χ1) is 7.49. The van der Waals surface area contributed by atoms with Gasteiger partial charge in [-0.15, -0.1) is 0 Å². The summed E-state index contributed by atoms with van der Waals surface area (Å²) >= 11 is 0. The summed E-state index contributed by atoms with van der Waals surface area (Å²) in [6, 6.07) is 1.46. The van der Waals surface area contributed by atoms with Crippen LogP contribution in [0.1, 0.15) is 24.4 Å². The minimum absolute atomic E-state index is 0.0654. The van der Waals surface area contributed by atoms with Gasteiger partial charge in [-0.05, 0) is 6.92 Å². The predicted octanol–water partition coefficient (Wildman–Crippen LogP) is 1.14. The summed E-state index contributed by atoms with van der Waals surface area (Å²) in [7, 11) is 0. The number of carbonyl (C=O) groups excluding carboxylic acids is 1. The molecular weight excluding hydrogens is 212 g/mol. The molecular formula is C10H12N2O4. The number of hydrogen-bond acceptors (Lipinski definition) is 4. The number of fused-ring (bicyclic) bond motifs is 1. The molecule has 2 heterocycles. The fourth-order valence-corrected chi connectivity index (χ4v) is 1.73. The third-order valence-corrected chi connectivity index (χ3v) is 2.41. The minimum atomic E-state index is -1.15. The Bertz CT molecular complexity index is 452. The Morgan fingerprint density at radius 2 is 2.31 bits per heavy atom. The van der Waals surface area contributed by atoms with Gasteiger partial charge < -0.3 is 14.8 Å². The third-order valence-electron chi connectivity index (χ3n) is 2.41. The maximum absolute atomic E-state index is 11.4. The second-order valence-corrected chi connectivity index (χ2v) is 3.81. The Kier molecular flexibility index (Phi) is 2.34. The lowest BCUT2D eigenvalue weighted by Crippen LogP contribution is -2.41. The molecule has 0 radical (unpaired) electrons. The molecule has 1 unspecified atom stereocenters. The molecule has 6 heteroatoms. The Labute approximate surface area is 91.8 Å². The van der Waals surface area contributed by atoms with Crippen LogP contribution in [0, 0.1) is 0 Å². The van der Waals surface area contributed by atoms with Crippen LogP contribution in [0.4, 0.5) is 11.6 Å². The van der Waals surface area contributed by atoms with Gasteiger partial charge in [0, 0.05) is 25.6 Å². The van der Waals surface area contributed by atoms with Crippen LogP contribution in [0.3, 0.4) is 0 Å². The summed E-state index contributed by atoms with van der Waals surface area (Å²) in [4.78, 5) is 23.6. The Morgan fingerprint density at radius 1 is 1.62 bits per heavy atom. The highest BCUT2D eigenvalue weighted by Crippen LogP contribution is 2.34. The first-order valence-corrected chi connectivity index (χ1v) is 4.91. The van der Waals surface area contributed by atoms with Crippen molar-refractivity contribution in [2.75, 3.05) is 16.8 Å². The molecule has 0 saturated heterocycles. The van der Waals surface area contributed by atoms with Crippen molar-refractivity contribution in [1.82, 2.24) is 0 Å². The number of furan rings is 1. The lowest BCUT2D eigenvalue weighted by molar-refractivity contribution is -0.116. The summed E-state index contributed by atoms with van der Waals surface area (Å²) in [6.45, 7) is 3.80. The van der Waals surface area contributed by atoms with Crippen LogP contribution < -0.4 is 10.2 Å². The van der Waals surface area contributed by atoms with Crippen molar-refractivity contribution < 1.29 is 19.1 Å². The van der Waals surface area contributed by atoms with Gasteiger partial charge >= 0.3 is 5.97 Å². The van der Waals surface area contributed by atoms with E-state index in [2.05, 4.69) is 5.32 Å². The number of amides is 1. The zero-order valence-corrected chi connectivity index (χ0v) is 8.98. The maximum atomic E-state index is 11.4. The number of nitrogens with zero attached hydrogens (tertiary/aromatic N) is 1. The van der Waals surface area contributed by atoms with Gasteiger partial charge in [0.1, 0.15) is 5.69 Å². The zero-order valence-electron chi connectivity index (χ0n) is 8.98. The van der Waals surface area contributed by atoms with Crippen LogP contribution in [0.15, 0.2) is 10.5 Å². The van der Waals surface area contributed by atoms with Crippen LogP contribution in [0.5, 0.6) is 0 Å². The van der Waals surface area contributed by atoms with Gasteiger partial charge in [0.05, 0.1) is 0 Å². The number of aromatic carboxylic acids is 1. The molecule has 2 rings (SSSR count). The van der Waals surface area contributed by atoms with E-state index in [0.29, 0.717) is 12.2 Å². The Morgan fingerprint density at radius 3 is 2.88 bits per heavy atom. The quantitative estimate of drug-likeness (QED) is 0.747. The molecule has 0 bridgehead atoms. The summed E-state index contributed by atoms with van der Waals surface area (Å²) < 4.78 is 5.13. The van der Waals surface area contributed by atoms with Crippen molar-refractivity contribution >= 4 is 23.4 Å². The normalized spacial score (nSPS) is 18.9. The maximum Gasteiger partial charge on any atom is 0.371 e. The molecule has 0 saturated carbocycles. The van der Waals surface area contributed by atoms with Crippen molar-refractivity contribution in [3.05, 3.63) is 11.8 Å². The van der Waals surface area contributed by atoms with E-state index in [0.717, 1.165) is 0 Å². The lowest BCUT2D eigenvalue weighted by atomic mass is 10.2. The van der Waals surface area contributed by atoms with Crippen molar-refractivity contribution in [3.8, 4) is 0 Å². The fraction of sp³-hybridized carbons (Fsp3) is 0.400. The van der Waals surface area contributed by atoms with Gasteiger partial charge in [-0.1, -0.05) is 0 Å². The van der Waals surface area contributed by atoms with Crippen molar-refractivity contribution in [2.24, 2.45) is 0 Å². The van der Waals surface area contributed by atoms with Gasteiger partial charge in [-0.25, -0.2) is 4.79 Å². The molecule has 1 aliphatic heterocycles. The van der Waals surface area contributed by atoms with E-state index in [1.54, 1.807) is 0 Å². The molecule has 16 heavy (non-hydrogen) atoms. The van der Waals surface area contributed by atoms with Gasteiger partial charge in [-0.2, -0.15) is 0 Å². The van der Waals surface area contributed by atoms with E-state index in [9.17, 15) is 9.59 Å². The highest BCUT2D eigenvalue weighted by molar-refractivity contribution is 5.96. The molecule has 0 fully saturated rings. The first kappa shape index (κ1) is 10.5. The SMILES string of the molecule is CC(=O)N1CC(C)Nc2cc(C(=O)O)oc21. The smallest absolute Gasteiger partial charge is 0.371 e. The Hall–Kier alpha value is -1.98. The second-order valence-electron chi connectivity index (χ2n) is 3.81. The molecule has 0 aromatic carbocycles. The third kappa shape index (κ3) is 1.62. The molecule has 1 amide bonds.